The Bertz CT molecular complexity index is 571. The lowest BCUT2D eigenvalue weighted by atomic mass is 10.1. The third-order valence-corrected chi connectivity index (χ3v) is 3.40. The van der Waals surface area contributed by atoms with E-state index >= 15 is 0 Å². The Labute approximate surface area is 124 Å². The fourth-order valence-electron chi connectivity index (χ4n) is 2.48. The van der Waals surface area contributed by atoms with Crippen LogP contribution < -0.4 is 11.1 Å². The van der Waals surface area contributed by atoms with Gasteiger partial charge in [0.25, 0.3) is 5.91 Å². The molecule has 1 aromatic heterocycles. The molecule has 116 valence electrons. The molecular weight excluding hydrogens is 270 g/mol. The highest BCUT2D eigenvalue weighted by atomic mass is 16.2. The van der Waals surface area contributed by atoms with Gasteiger partial charge < -0.3 is 16.0 Å². The molecule has 7 heteroatoms. The van der Waals surface area contributed by atoms with Crippen molar-refractivity contribution in [1.82, 2.24) is 20.0 Å². The first-order valence-corrected chi connectivity index (χ1v) is 7.18. The molecule has 1 aliphatic rings. The molecule has 21 heavy (non-hydrogen) atoms. The lowest BCUT2D eigenvalue weighted by Crippen LogP contribution is -2.50. The summed E-state index contributed by atoms with van der Waals surface area (Å²) in [5, 5.41) is 7.35. The van der Waals surface area contributed by atoms with Crippen molar-refractivity contribution in [3.63, 3.8) is 0 Å². The second kappa shape index (κ2) is 5.38. The van der Waals surface area contributed by atoms with E-state index in [1.54, 1.807) is 9.58 Å². The van der Waals surface area contributed by atoms with Crippen LogP contribution in [0.2, 0.25) is 0 Å². The fourth-order valence-corrected chi connectivity index (χ4v) is 2.48. The van der Waals surface area contributed by atoms with Crippen molar-refractivity contribution in [1.29, 1.82) is 0 Å². The molecule has 3 amide bonds. The van der Waals surface area contributed by atoms with Gasteiger partial charge in [-0.2, -0.15) is 5.10 Å². The number of fused-ring (bicyclic) bond motifs is 1. The highest BCUT2D eigenvalue weighted by molar-refractivity contribution is 5.95. The van der Waals surface area contributed by atoms with Gasteiger partial charge in [-0.1, -0.05) is 6.92 Å². The number of nitrogens with zero attached hydrogens (tertiary/aromatic N) is 3. The first kappa shape index (κ1) is 15.3. The molecule has 0 radical (unpaired) electrons. The third-order valence-electron chi connectivity index (χ3n) is 3.40. The molecule has 0 aliphatic carbocycles. The van der Waals surface area contributed by atoms with E-state index in [0.717, 1.165) is 5.69 Å². The number of aromatic nitrogens is 2. The summed E-state index contributed by atoms with van der Waals surface area (Å²) in [7, 11) is 0. The van der Waals surface area contributed by atoms with Gasteiger partial charge in [0.2, 0.25) is 0 Å². The van der Waals surface area contributed by atoms with Crippen molar-refractivity contribution in [2.24, 2.45) is 5.73 Å². The lowest BCUT2D eigenvalue weighted by molar-refractivity contribution is 0.0995. The maximum atomic E-state index is 12.2. The van der Waals surface area contributed by atoms with Crippen LogP contribution in [0.5, 0.6) is 0 Å². The number of carbonyl (C=O) groups is 2. The van der Waals surface area contributed by atoms with Crippen molar-refractivity contribution in [2.45, 2.75) is 52.7 Å². The standard InChI is InChI=1S/C14H23N5O2/c1-5-9-11(12(15)20)10-8-18(6-7-19(10)17-9)13(21)16-14(2,3)4/h5-8H2,1-4H3,(H2,15,20)(H,16,21). The molecule has 0 saturated heterocycles. The van der Waals surface area contributed by atoms with Gasteiger partial charge in [0.1, 0.15) is 0 Å². The van der Waals surface area contributed by atoms with Gasteiger partial charge in [0.15, 0.2) is 0 Å². The van der Waals surface area contributed by atoms with E-state index in [2.05, 4.69) is 10.4 Å². The first-order chi connectivity index (χ1) is 9.73. The van der Waals surface area contributed by atoms with Crippen LogP contribution in [0.3, 0.4) is 0 Å². The Balaban J connectivity index is 2.25. The zero-order chi connectivity index (χ0) is 15.8. The molecule has 1 aliphatic heterocycles. The molecule has 0 unspecified atom stereocenters. The van der Waals surface area contributed by atoms with Gasteiger partial charge in [0.05, 0.1) is 30.0 Å². The molecule has 0 aromatic carbocycles. The van der Waals surface area contributed by atoms with Crippen molar-refractivity contribution in [3.8, 4) is 0 Å². The van der Waals surface area contributed by atoms with Crippen LogP contribution in [0.25, 0.3) is 0 Å². The van der Waals surface area contributed by atoms with Crippen LogP contribution in [0.15, 0.2) is 0 Å². The number of urea groups is 1. The maximum absolute atomic E-state index is 12.2. The summed E-state index contributed by atoms with van der Waals surface area (Å²) in [5.74, 6) is -0.480. The third kappa shape index (κ3) is 3.17. The summed E-state index contributed by atoms with van der Waals surface area (Å²) in [6.07, 6.45) is 0.645. The van der Waals surface area contributed by atoms with Gasteiger partial charge in [-0.05, 0) is 27.2 Å². The fraction of sp³-hybridized carbons (Fsp3) is 0.643. The lowest BCUT2D eigenvalue weighted by Gasteiger charge is -2.31. The molecule has 0 fully saturated rings. The van der Waals surface area contributed by atoms with Crippen molar-refractivity contribution >= 4 is 11.9 Å². The highest BCUT2D eigenvalue weighted by Gasteiger charge is 2.29. The molecule has 7 nitrogen and oxygen atoms in total. The van der Waals surface area contributed by atoms with Gasteiger partial charge in [-0.15, -0.1) is 0 Å². The molecular formula is C14H23N5O2. The van der Waals surface area contributed by atoms with E-state index in [1.165, 1.54) is 0 Å². The number of hydrogen-bond donors (Lipinski definition) is 2. The van der Waals surface area contributed by atoms with Crippen LogP contribution in [0.1, 0.15) is 49.4 Å². The Kier molecular flexibility index (Phi) is 3.93. The van der Waals surface area contributed by atoms with E-state index in [-0.39, 0.29) is 11.6 Å². The van der Waals surface area contributed by atoms with E-state index < -0.39 is 5.91 Å². The highest BCUT2D eigenvalue weighted by Crippen LogP contribution is 2.21. The first-order valence-electron chi connectivity index (χ1n) is 7.18. The topological polar surface area (TPSA) is 93.2 Å². The van der Waals surface area contributed by atoms with Crippen LogP contribution in [0, 0.1) is 0 Å². The second-order valence-electron chi connectivity index (χ2n) is 6.31. The second-order valence-corrected chi connectivity index (χ2v) is 6.31. The largest absolute Gasteiger partial charge is 0.365 e. The van der Waals surface area contributed by atoms with Crippen molar-refractivity contribution in [2.75, 3.05) is 6.54 Å². The number of primary amides is 1. The Morgan fingerprint density at radius 1 is 1.33 bits per heavy atom. The molecule has 0 atom stereocenters. The van der Waals surface area contributed by atoms with Crippen molar-refractivity contribution < 1.29 is 9.59 Å². The summed E-state index contributed by atoms with van der Waals surface area (Å²) in [6, 6.07) is -0.136. The van der Waals surface area contributed by atoms with Crippen LogP contribution in [0.4, 0.5) is 4.79 Å². The Morgan fingerprint density at radius 2 is 2.00 bits per heavy atom. The number of nitrogens with two attached hydrogens (primary N) is 1. The summed E-state index contributed by atoms with van der Waals surface area (Å²) in [4.78, 5) is 25.6. The average molecular weight is 293 g/mol. The SMILES string of the molecule is CCc1nn2c(c1C(N)=O)CN(C(=O)NC(C)(C)C)CC2. The molecule has 1 aromatic rings. The van der Waals surface area contributed by atoms with Gasteiger partial charge in [0, 0.05) is 12.1 Å². The normalized spacial score (nSPS) is 14.8. The summed E-state index contributed by atoms with van der Waals surface area (Å²) in [5.41, 5.74) is 7.07. The van der Waals surface area contributed by atoms with Crippen LogP contribution in [-0.4, -0.2) is 38.7 Å². The zero-order valence-corrected chi connectivity index (χ0v) is 13.1. The summed E-state index contributed by atoms with van der Waals surface area (Å²) < 4.78 is 1.79. The minimum absolute atomic E-state index is 0.136. The summed E-state index contributed by atoms with van der Waals surface area (Å²) >= 11 is 0. The predicted molar refractivity (Wildman–Crippen MR) is 78.8 cm³/mol. The number of carbonyl (C=O) groups excluding carboxylic acids is 2. The molecule has 0 spiro atoms. The van der Waals surface area contributed by atoms with Crippen LogP contribution in [-0.2, 0) is 19.5 Å². The minimum atomic E-state index is -0.480. The molecule has 2 heterocycles. The predicted octanol–water partition coefficient (Wildman–Crippen LogP) is 0.868. The Hall–Kier alpha value is -2.05. The zero-order valence-electron chi connectivity index (χ0n) is 13.1. The number of nitrogens with one attached hydrogen (secondary N) is 1. The summed E-state index contributed by atoms with van der Waals surface area (Å²) in [6.45, 7) is 9.23. The van der Waals surface area contributed by atoms with Crippen LogP contribution >= 0.6 is 0 Å². The van der Waals surface area contributed by atoms with Crippen molar-refractivity contribution in [3.05, 3.63) is 17.0 Å². The Morgan fingerprint density at radius 3 is 2.52 bits per heavy atom. The average Bonchev–Trinajstić information content (AvgIpc) is 2.73. The smallest absolute Gasteiger partial charge is 0.318 e. The number of amides is 3. The molecule has 3 N–H and O–H groups in total. The molecule has 0 saturated carbocycles. The number of aryl methyl sites for hydroxylation is 1. The van der Waals surface area contributed by atoms with Gasteiger partial charge >= 0.3 is 6.03 Å². The van der Waals surface area contributed by atoms with E-state index in [1.807, 2.05) is 27.7 Å². The monoisotopic (exact) mass is 293 g/mol. The quantitative estimate of drug-likeness (QED) is 0.847. The molecule has 0 bridgehead atoms. The van der Waals surface area contributed by atoms with Gasteiger partial charge in [-0.25, -0.2) is 4.79 Å². The number of rotatable bonds is 2. The maximum Gasteiger partial charge on any atom is 0.318 e. The van der Waals surface area contributed by atoms with Gasteiger partial charge in [-0.3, -0.25) is 9.48 Å². The minimum Gasteiger partial charge on any atom is -0.365 e. The molecule has 2 rings (SSSR count). The van der Waals surface area contributed by atoms with E-state index in [9.17, 15) is 9.59 Å². The van der Waals surface area contributed by atoms with E-state index in [4.69, 9.17) is 5.73 Å². The van der Waals surface area contributed by atoms with E-state index in [0.29, 0.717) is 37.3 Å². The number of hydrogen-bond acceptors (Lipinski definition) is 3.